The Bertz CT molecular complexity index is 8680. The van der Waals surface area contributed by atoms with Crippen molar-refractivity contribution >= 4 is 180 Å². The highest BCUT2D eigenvalue weighted by Crippen LogP contribution is 2.49. The molecule has 134 heavy (non-hydrogen) atoms. The second kappa shape index (κ2) is 32.2. The number of nitrogens with zero attached hydrogens (tertiary/aromatic N) is 6. The van der Waals surface area contributed by atoms with Gasteiger partial charge in [0.05, 0.1) is 55.3 Å². The number of pyridine rings is 2. The molecule has 0 radical (unpaired) electrons. The monoisotopic (exact) mass is 1780 g/mol. The molecule has 0 atom stereocenters. The van der Waals surface area contributed by atoms with Gasteiger partial charge in [-0.25, -0.2) is 0 Å². The minimum Gasteiger partial charge on any atom is -0.399 e. The van der Waals surface area contributed by atoms with Crippen molar-refractivity contribution in [3.05, 3.63) is 454 Å². The van der Waals surface area contributed by atoms with Gasteiger partial charge in [0, 0.05) is 112 Å². The molecule has 20 aromatic carbocycles. The molecule has 0 saturated carbocycles. The fourth-order valence-electron chi connectivity index (χ4n) is 21.4. The van der Waals surface area contributed by atoms with Crippen molar-refractivity contribution in [3.63, 3.8) is 0 Å². The molecule has 7 heterocycles. The summed E-state index contributed by atoms with van der Waals surface area (Å²) in [5.41, 5.74) is 25.8. The van der Waals surface area contributed by atoms with Gasteiger partial charge in [-0.1, -0.05) is 328 Å². The summed E-state index contributed by atoms with van der Waals surface area (Å²) in [7, 11) is -0.425. The number of benzene rings is 20. The van der Waals surface area contributed by atoms with Crippen molar-refractivity contribution in [2.24, 2.45) is 0 Å². The first-order valence-corrected chi connectivity index (χ1v) is 46.7. The topological polar surface area (TPSA) is 64.0 Å². The summed E-state index contributed by atoms with van der Waals surface area (Å²) < 4.78 is 23.7. The van der Waals surface area contributed by atoms with Gasteiger partial charge < -0.3 is 27.6 Å². The maximum Gasteiger partial charge on any atom is 0.496 e. The molecule has 1 aliphatic rings. The van der Waals surface area contributed by atoms with Crippen LogP contribution in [-0.2, 0) is 9.31 Å². The van der Waals surface area contributed by atoms with Gasteiger partial charge in [-0.3, -0.25) is 9.97 Å². The molecule has 8 nitrogen and oxygen atoms in total. The van der Waals surface area contributed by atoms with E-state index in [1.165, 1.54) is 180 Å². The predicted octanol–water partition coefficient (Wildman–Crippen LogP) is 32.6. The molecule has 0 spiro atoms. The van der Waals surface area contributed by atoms with Gasteiger partial charge in [-0.05, 0) is 250 Å². The number of hydrogen-bond donors (Lipinski definition) is 0. The van der Waals surface area contributed by atoms with E-state index in [0.29, 0.717) is 0 Å². The minimum absolute atomic E-state index is 0.395. The third-order valence-electron chi connectivity index (χ3n) is 28.1. The molecule has 1 fully saturated rings. The van der Waals surface area contributed by atoms with Crippen LogP contribution in [0.15, 0.2) is 454 Å². The van der Waals surface area contributed by atoms with Gasteiger partial charge in [0.25, 0.3) is 0 Å². The van der Waals surface area contributed by atoms with Crippen LogP contribution in [0.1, 0.15) is 27.7 Å². The number of para-hydroxylation sites is 8. The first kappa shape index (κ1) is 80.0. The maximum atomic E-state index is 6.56. The van der Waals surface area contributed by atoms with Crippen LogP contribution in [0, 0.1) is 0 Å². The normalized spacial score (nSPS) is 13.2. The average Bonchev–Trinajstić information content (AvgIpc) is 0.763. The van der Waals surface area contributed by atoms with E-state index in [9.17, 15) is 0 Å². The summed E-state index contributed by atoms with van der Waals surface area (Å²) >= 11 is 3.63. The van der Waals surface area contributed by atoms with Crippen LogP contribution in [0.25, 0.3) is 230 Å². The largest absolute Gasteiger partial charge is 0.496 e. The Morgan fingerprint density at radius 2 is 0.455 bits per heavy atom. The Labute approximate surface area is 783 Å². The van der Waals surface area contributed by atoms with Crippen LogP contribution in [0.2, 0.25) is 0 Å². The van der Waals surface area contributed by atoms with Gasteiger partial charge in [0.15, 0.2) is 0 Å². The molecule has 0 bridgehead atoms. The lowest BCUT2D eigenvalue weighted by Crippen LogP contribution is -2.41. The van der Waals surface area contributed by atoms with E-state index in [1.807, 2.05) is 24.8 Å². The molecular formula is C124H86BBrN6O2. The third-order valence-corrected chi connectivity index (χ3v) is 28.5. The van der Waals surface area contributed by atoms with Crippen LogP contribution >= 0.6 is 15.9 Å². The van der Waals surface area contributed by atoms with E-state index in [0.717, 1.165) is 60.5 Å². The molecule has 6 aromatic heterocycles. The summed E-state index contributed by atoms with van der Waals surface area (Å²) in [5, 5.41) is 24.6. The SMILES string of the molecule is Brc1cncc(-c2cc(-n3c4ccccc4c4ccccc43)cc(-n3c4ccccc4c4ccccc43)c2)c1.CC1(C)OB(c2c3ccccc3c(-c3cccc4ccccc34)c3ccccc23)OC1(C)C.c1ccc2c(-c3c4ccccc4c(-c4cncc(-c5cc(-n6c7ccccc7c7ccccc76)cc(-n6c7ccccc7c7ccccc76)c5)c4)c4ccccc34)cccc2c1. The van der Waals surface area contributed by atoms with E-state index in [1.54, 1.807) is 0 Å². The standard InChI is InChI=1S/C59H37N3.C35H22BrN3.C30H27BO2/c1-2-18-44-38(16-1)17-15-27-49(44)59-52-25-5-3-23-50(52)58(51-24-4-6-26-53(51)59)41-32-40(36-60-37-41)39-33-42(61-54-28-11-7-19-45(54)46-20-8-12-29-55(46)61)35-43(34-39)62-56-30-13-9-21-47(56)48-22-10-14-31-57(48)62;36-25-17-24(21-37-22-25)23-18-26(38-32-13-5-1-9-28(32)29-10-2-6-14-33(29)38)20-27(19-23)39-34-15-7-3-11-30(34)31-12-4-8-16-35(31)39;1-29(2)30(3,4)33-31(32-29)28-25-17-9-7-15-23(25)27(24-16-8-10-18-26(24)28)22-19-11-13-20-12-5-6-14-21(20)22/h1-37H;1-22H;5-19H,1-4H3. The molecule has 634 valence electrons. The zero-order chi connectivity index (χ0) is 89.4. The van der Waals surface area contributed by atoms with Crippen molar-refractivity contribution in [1.29, 1.82) is 0 Å². The fraction of sp³-hybridized carbons (Fsp3) is 0.0484. The third kappa shape index (κ3) is 13.2. The van der Waals surface area contributed by atoms with E-state index in [-0.39, 0.29) is 0 Å². The smallest absolute Gasteiger partial charge is 0.399 e. The predicted molar refractivity (Wildman–Crippen MR) is 568 cm³/mol. The van der Waals surface area contributed by atoms with Crippen LogP contribution in [0.5, 0.6) is 0 Å². The number of fused-ring (bicyclic) bond motifs is 18. The van der Waals surface area contributed by atoms with Crippen LogP contribution in [0.3, 0.4) is 0 Å². The molecule has 27 rings (SSSR count). The van der Waals surface area contributed by atoms with Gasteiger partial charge in [0.2, 0.25) is 0 Å². The highest BCUT2D eigenvalue weighted by atomic mass is 79.9. The second-order valence-corrected chi connectivity index (χ2v) is 37.1. The highest BCUT2D eigenvalue weighted by Gasteiger charge is 2.53. The molecule has 1 saturated heterocycles. The van der Waals surface area contributed by atoms with E-state index >= 15 is 0 Å². The first-order valence-electron chi connectivity index (χ1n) is 45.9. The number of rotatable bonds is 10. The molecule has 10 heteroatoms. The molecular weight excluding hydrogens is 1700 g/mol. The van der Waals surface area contributed by atoms with Crippen LogP contribution in [-0.4, -0.2) is 46.6 Å². The molecule has 1 aliphatic heterocycles. The number of aromatic nitrogens is 6. The Balaban J connectivity index is 0.000000115. The Kier molecular flexibility index (Phi) is 19.2. The highest BCUT2D eigenvalue weighted by molar-refractivity contribution is 9.10. The van der Waals surface area contributed by atoms with Gasteiger partial charge >= 0.3 is 7.12 Å². The minimum atomic E-state index is -0.425. The first-order chi connectivity index (χ1) is 65.9. The van der Waals surface area contributed by atoms with E-state index < -0.39 is 18.3 Å². The van der Waals surface area contributed by atoms with Crippen molar-refractivity contribution in [2.45, 2.75) is 38.9 Å². The lowest BCUT2D eigenvalue weighted by molar-refractivity contribution is 0.00578. The van der Waals surface area contributed by atoms with Crippen LogP contribution < -0.4 is 5.46 Å². The summed E-state index contributed by atoms with van der Waals surface area (Å²) in [6.07, 6.45) is 7.83. The summed E-state index contributed by atoms with van der Waals surface area (Å²) in [5.74, 6) is 0. The summed E-state index contributed by atoms with van der Waals surface area (Å²) in [4.78, 5) is 9.53. The molecule has 0 amide bonds. The molecule has 0 unspecified atom stereocenters. The zero-order valence-electron chi connectivity index (χ0n) is 74.2. The molecule has 26 aromatic rings. The Hall–Kier alpha value is -16.1. The zero-order valence-corrected chi connectivity index (χ0v) is 75.8. The quantitative estimate of drug-likeness (QED) is 0.101. The summed E-state index contributed by atoms with van der Waals surface area (Å²) in [6, 6.07) is 154. The number of halogens is 1. The lowest BCUT2D eigenvalue weighted by Gasteiger charge is -2.32. The Morgan fingerprint density at radius 3 is 0.769 bits per heavy atom. The average molecular weight is 1780 g/mol. The van der Waals surface area contributed by atoms with E-state index in [2.05, 4.69) is 492 Å². The second-order valence-electron chi connectivity index (χ2n) is 36.2. The van der Waals surface area contributed by atoms with Crippen molar-refractivity contribution in [2.75, 3.05) is 0 Å². The van der Waals surface area contributed by atoms with Gasteiger partial charge in [-0.2, -0.15) is 0 Å². The van der Waals surface area contributed by atoms with Gasteiger partial charge in [-0.15, -0.1) is 0 Å². The fourth-order valence-corrected chi connectivity index (χ4v) is 21.8. The lowest BCUT2D eigenvalue weighted by atomic mass is 9.71. The molecule has 0 N–H and O–H groups in total. The van der Waals surface area contributed by atoms with Gasteiger partial charge in [0.1, 0.15) is 0 Å². The maximum absolute atomic E-state index is 6.56. The van der Waals surface area contributed by atoms with Crippen LogP contribution in [0.4, 0.5) is 0 Å². The molecule has 0 aliphatic carbocycles. The van der Waals surface area contributed by atoms with Crippen molar-refractivity contribution in [1.82, 2.24) is 28.2 Å². The Morgan fingerprint density at radius 1 is 0.216 bits per heavy atom. The van der Waals surface area contributed by atoms with E-state index in [4.69, 9.17) is 14.3 Å². The van der Waals surface area contributed by atoms with Crippen molar-refractivity contribution in [3.8, 4) is 78.4 Å². The number of hydrogen-bond acceptors (Lipinski definition) is 4. The van der Waals surface area contributed by atoms with Crippen molar-refractivity contribution < 1.29 is 9.31 Å². The summed E-state index contributed by atoms with van der Waals surface area (Å²) in [6.45, 7) is 8.45.